The molecule has 3 aromatic rings. The highest BCUT2D eigenvalue weighted by atomic mass is 19.4. The minimum absolute atomic E-state index is 0.0108. The molecule has 1 unspecified atom stereocenters. The van der Waals surface area contributed by atoms with Crippen LogP contribution >= 0.6 is 0 Å². The number of rotatable bonds is 7. The van der Waals surface area contributed by atoms with Crippen LogP contribution in [0.2, 0.25) is 0 Å². The minimum atomic E-state index is -5.08. The number of nitrogens with one attached hydrogen (secondary N) is 2. The van der Waals surface area contributed by atoms with E-state index in [2.05, 4.69) is 10.3 Å². The number of hydrogen-bond donors (Lipinski definition) is 3. The standard InChI is InChI=1S/C26H26F6N4O3/c27-25(28,29)18-9-16(10-19(12-18)26(30,31)32)24(39)36-7-6-35(15-23(38)33-5-8-37)14-20(36)11-17-13-34-22-4-2-1-3-21(17)22/h1-4,9-10,12-13,20,34,37H,5-8,11,14-15H2,(H,33,38). The molecule has 2 amide bonds. The Hall–Kier alpha value is -3.58. The number of aromatic nitrogens is 1. The summed E-state index contributed by atoms with van der Waals surface area (Å²) in [4.78, 5) is 31.8. The van der Waals surface area contributed by atoms with Gasteiger partial charge >= 0.3 is 12.4 Å². The van der Waals surface area contributed by atoms with Crippen molar-refractivity contribution in [1.29, 1.82) is 0 Å². The topological polar surface area (TPSA) is 88.7 Å². The van der Waals surface area contributed by atoms with Crippen LogP contribution in [0.4, 0.5) is 26.3 Å². The molecule has 1 saturated heterocycles. The second-order valence-corrected chi connectivity index (χ2v) is 9.32. The molecule has 0 saturated carbocycles. The van der Waals surface area contributed by atoms with Gasteiger partial charge in [0.2, 0.25) is 5.91 Å². The SMILES string of the molecule is O=C(CN1CCN(C(=O)c2cc(C(F)(F)F)cc(C(F)(F)F)c2)C(Cc2c[nH]c3ccccc23)C1)NCCO. The van der Waals surface area contributed by atoms with E-state index in [4.69, 9.17) is 5.11 Å². The summed E-state index contributed by atoms with van der Waals surface area (Å²) in [6, 6.07) is 7.58. The van der Waals surface area contributed by atoms with Gasteiger partial charge in [-0.3, -0.25) is 14.5 Å². The maximum absolute atomic E-state index is 13.5. The summed E-state index contributed by atoms with van der Waals surface area (Å²) in [5.74, 6) is -1.32. The van der Waals surface area contributed by atoms with Gasteiger partial charge in [-0.25, -0.2) is 0 Å². The van der Waals surface area contributed by atoms with Gasteiger partial charge in [0, 0.05) is 54.9 Å². The van der Waals surface area contributed by atoms with E-state index in [-0.39, 0.29) is 57.7 Å². The molecule has 1 fully saturated rings. The Bertz CT molecular complexity index is 1300. The summed E-state index contributed by atoms with van der Waals surface area (Å²) in [5.41, 5.74) is -2.20. The second-order valence-electron chi connectivity index (χ2n) is 9.32. The minimum Gasteiger partial charge on any atom is -0.395 e. The van der Waals surface area contributed by atoms with Crippen LogP contribution in [0.1, 0.15) is 27.0 Å². The number of para-hydroxylation sites is 1. The molecule has 2 aromatic carbocycles. The van der Waals surface area contributed by atoms with Gasteiger partial charge < -0.3 is 20.3 Å². The lowest BCUT2D eigenvalue weighted by atomic mass is 9.98. The van der Waals surface area contributed by atoms with Crippen molar-refractivity contribution in [3.8, 4) is 0 Å². The number of alkyl halides is 6. The van der Waals surface area contributed by atoms with Crippen molar-refractivity contribution in [2.45, 2.75) is 24.8 Å². The number of hydrogen-bond acceptors (Lipinski definition) is 4. The summed E-state index contributed by atoms with van der Waals surface area (Å²) in [5, 5.41) is 12.3. The van der Waals surface area contributed by atoms with Crippen molar-refractivity contribution in [1.82, 2.24) is 20.1 Å². The molecule has 7 nitrogen and oxygen atoms in total. The average Bonchev–Trinajstić information content (AvgIpc) is 3.28. The predicted molar refractivity (Wildman–Crippen MR) is 130 cm³/mol. The number of H-pyrrole nitrogens is 1. The smallest absolute Gasteiger partial charge is 0.395 e. The molecule has 4 rings (SSSR count). The second kappa shape index (κ2) is 11.3. The Morgan fingerprint density at radius 1 is 1.00 bits per heavy atom. The number of halogens is 6. The lowest BCUT2D eigenvalue weighted by Gasteiger charge is -2.41. The van der Waals surface area contributed by atoms with Gasteiger partial charge in [-0.2, -0.15) is 26.3 Å². The van der Waals surface area contributed by atoms with Gasteiger partial charge in [0.15, 0.2) is 0 Å². The van der Waals surface area contributed by atoms with E-state index in [0.717, 1.165) is 16.5 Å². The summed E-state index contributed by atoms with van der Waals surface area (Å²) < 4.78 is 80.5. The van der Waals surface area contributed by atoms with E-state index in [1.54, 1.807) is 11.1 Å². The van der Waals surface area contributed by atoms with Gasteiger partial charge in [0.05, 0.1) is 24.3 Å². The number of aromatic amines is 1. The van der Waals surface area contributed by atoms with Crippen molar-refractivity contribution in [2.24, 2.45) is 0 Å². The fraction of sp³-hybridized carbons (Fsp3) is 0.385. The number of carbonyl (C=O) groups is 2. The molecular formula is C26H26F6N4O3. The molecule has 0 spiro atoms. The number of piperazine rings is 1. The lowest BCUT2D eigenvalue weighted by molar-refractivity contribution is -0.143. The van der Waals surface area contributed by atoms with Crippen molar-refractivity contribution in [2.75, 3.05) is 39.3 Å². The van der Waals surface area contributed by atoms with Crippen LogP contribution in [0.3, 0.4) is 0 Å². The van der Waals surface area contributed by atoms with Crippen molar-refractivity contribution in [3.05, 3.63) is 70.9 Å². The molecule has 1 aliphatic rings. The van der Waals surface area contributed by atoms with Crippen LogP contribution in [-0.2, 0) is 23.6 Å². The molecule has 2 heterocycles. The molecule has 13 heteroatoms. The van der Waals surface area contributed by atoms with E-state index in [0.29, 0.717) is 12.1 Å². The Balaban J connectivity index is 1.66. The van der Waals surface area contributed by atoms with E-state index in [1.807, 2.05) is 24.3 Å². The zero-order valence-electron chi connectivity index (χ0n) is 20.6. The summed E-state index contributed by atoms with van der Waals surface area (Å²) in [7, 11) is 0. The summed E-state index contributed by atoms with van der Waals surface area (Å²) in [6.45, 7) is 0.0861. The van der Waals surface area contributed by atoms with Crippen LogP contribution in [0.15, 0.2) is 48.7 Å². The first-order valence-corrected chi connectivity index (χ1v) is 12.1. The number of nitrogens with zero attached hydrogens (tertiary/aromatic N) is 2. The van der Waals surface area contributed by atoms with Crippen molar-refractivity contribution >= 4 is 22.7 Å². The van der Waals surface area contributed by atoms with Crippen LogP contribution < -0.4 is 5.32 Å². The van der Waals surface area contributed by atoms with E-state index < -0.39 is 41.0 Å². The molecule has 1 aromatic heterocycles. The third-order valence-electron chi connectivity index (χ3n) is 6.59. The van der Waals surface area contributed by atoms with Gasteiger partial charge in [0.1, 0.15) is 0 Å². The molecule has 210 valence electrons. The zero-order valence-corrected chi connectivity index (χ0v) is 20.6. The molecular weight excluding hydrogens is 530 g/mol. The molecule has 1 atom stereocenters. The predicted octanol–water partition coefficient (Wildman–Crippen LogP) is 3.68. The van der Waals surface area contributed by atoms with Gasteiger partial charge in [0.25, 0.3) is 5.91 Å². The Labute approximate surface area is 219 Å². The van der Waals surface area contributed by atoms with Gasteiger partial charge in [-0.15, -0.1) is 0 Å². The molecule has 39 heavy (non-hydrogen) atoms. The van der Waals surface area contributed by atoms with E-state index in [9.17, 15) is 35.9 Å². The number of aliphatic hydroxyl groups is 1. The van der Waals surface area contributed by atoms with Crippen LogP contribution in [0.25, 0.3) is 10.9 Å². The van der Waals surface area contributed by atoms with Crippen LogP contribution in [0.5, 0.6) is 0 Å². The van der Waals surface area contributed by atoms with Gasteiger partial charge in [-0.1, -0.05) is 18.2 Å². The van der Waals surface area contributed by atoms with Crippen molar-refractivity contribution in [3.63, 3.8) is 0 Å². The maximum Gasteiger partial charge on any atom is 0.416 e. The number of fused-ring (bicyclic) bond motifs is 1. The normalized spacial score (nSPS) is 17.0. The summed E-state index contributed by atoms with van der Waals surface area (Å²) in [6.07, 6.45) is -8.18. The third-order valence-corrected chi connectivity index (χ3v) is 6.59. The first-order chi connectivity index (χ1) is 18.4. The highest BCUT2D eigenvalue weighted by Gasteiger charge is 2.39. The monoisotopic (exact) mass is 556 g/mol. The van der Waals surface area contributed by atoms with E-state index in [1.165, 1.54) is 4.90 Å². The highest BCUT2D eigenvalue weighted by molar-refractivity contribution is 5.95. The van der Waals surface area contributed by atoms with Gasteiger partial charge in [-0.05, 0) is 36.2 Å². The quantitative estimate of drug-likeness (QED) is 0.388. The largest absolute Gasteiger partial charge is 0.416 e. The first kappa shape index (κ1) is 28.4. The first-order valence-electron chi connectivity index (χ1n) is 12.1. The van der Waals surface area contributed by atoms with Crippen LogP contribution in [0, 0.1) is 0 Å². The van der Waals surface area contributed by atoms with Crippen molar-refractivity contribution < 1.29 is 41.0 Å². The van der Waals surface area contributed by atoms with Crippen LogP contribution in [-0.4, -0.2) is 77.1 Å². The number of amides is 2. The molecule has 0 radical (unpaired) electrons. The number of carbonyl (C=O) groups excluding carboxylic acids is 2. The Morgan fingerprint density at radius 3 is 2.31 bits per heavy atom. The maximum atomic E-state index is 13.5. The fourth-order valence-electron chi connectivity index (χ4n) is 4.76. The third kappa shape index (κ3) is 6.71. The molecule has 3 N–H and O–H groups in total. The summed E-state index contributed by atoms with van der Waals surface area (Å²) >= 11 is 0. The molecule has 0 aliphatic carbocycles. The highest BCUT2D eigenvalue weighted by Crippen LogP contribution is 2.37. The zero-order chi connectivity index (χ0) is 28.4. The molecule has 0 bridgehead atoms. The van der Waals surface area contributed by atoms with E-state index >= 15 is 0 Å². The molecule has 1 aliphatic heterocycles. The number of benzene rings is 2. The Morgan fingerprint density at radius 2 is 1.67 bits per heavy atom. The lowest BCUT2D eigenvalue weighted by Crippen LogP contribution is -2.57. The fourth-order valence-corrected chi connectivity index (χ4v) is 4.76. The average molecular weight is 557 g/mol. The Kier molecular flexibility index (Phi) is 8.21. The number of aliphatic hydroxyl groups excluding tert-OH is 1.